The van der Waals surface area contributed by atoms with Gasteiger partial charge in [-0.3, -0.25) is 9.90 Å². The molecule has 1 aromatic carbocycles. The van der Waals surface area contributed by atoms with Crippen molar-refractivity contribution in [2.24, 2.45) is 0 Å². The van der Waals surface area contributed by atoms with Crippen LogP contribution in [0.25, 0.3) is 0 Å². The topological polar surface area (TPSA) is 64.8 Å². The van der Waals surface area contributed by atoms with E-state index in [0.29, 0.717) is 11.3 Å². The van der Waals surface area contributed by atoms with Crippen molar-refractivity contribution in [3.63, 3.8) is 0 Å². The molecule has 16 heavy (non-hydrogen) atoms. The summed E-state index contributed by atoms with van der Waals surface area (Å²) in [6, 6.07) is 3.48. The third-order valence-electron chi connectivity index (χ3n) is 2.41. The van der Waals surface area contributed by atoms with Crippen LogP contribution in [0, 0.1) is 6.92 Å². The summed E-state index contributed by atoms with van der Waals surface area (Å²) in [5.41, 5.74) is 8.14. The standard InChI is InChI=1S/C11H16N2O3/c1-7-5-8(13(2)16-4)6-9(10(7)12)11(14)15-3/h5-6H,12H2,1-4H3. The minimum Gasteiger partial charge on any atom is -0.465 e. The Balaban J connectivity index is 3.27. The van der Waals surface area contributed by atoms with E-state index in [4.69, 9.17) is 10.6 Å². The number of methoxy groups -OCH3 is 1. The normalized spacial score (nSPS) is 10.0. The minimum atomic E-state index is -0.452. The van der Waals surface area contributed by atoms with Crippen molar-refractivity contribution >= 4 is 17.3 Å². The first-order valence-corrected chi connectivity index (χ1v) is 4.77. The minimum absolute atomic E-state index is 0.349. The Labute approximate surface area is 94.7 Å². The maximum absolute atomic E-state index is 11.5. The maximum Gasteiger partial charge on any atom is 0.340 e. The summed E-state index contributed by atoms with van der Waals surface area (Å²) in [6.45, 7) is 1.83. The van der Waals surface area contributed by atoms with Gasteiger partial charge < -0.3 is 10.5 Å². The largest absolute Gasteiger partial charge is 0.465 e. The van der Waals surface area contributed by atoms with Crippen molar-refractivity contribution in [2.75, 3.05) is 32.1 Å². The monoisotopic (exact) mass is 224 g/mol. The number of nitrogens with zero attached hydrogens (tertiary/aromatic N) is 1. The fourth-order valence-electron chi connectivity index (χ4n) is 1.35. The van der Waals surface area contributed by atoms with Gasteiger partial charge in [0, 0.05) is 12.7 Å². The van der Waals surface area contributed by atoms with Crippen LogP contribution >= 0.6 is 0 Å². The average molecular weight is 224 g/mol. The van der Waals surface area contributed by atoms with Gasteiger partial charge in [-0.15, -0.1) is 0 Å². The van der Waals surface area contributed by atoms with E-state index >= 15 is 0 Å². The fourth-order valence-corrected chi connectivity index (χ4v) is 1.35. The molecule has 0 atom stereocenters. The molecule has 0 aliphatic heterocycles. The van der Waals surface area contributed by atoms with E-state index in [-0.39, 0.29) is 0 Å². The van der Waals surface area contributed by atoms with Crippen molar-refractivity contribution < 1.29 is 14.4 Å². The summed E-state index contributed by atoms with van der Waals surface area (Å²) in [5.74, 6) is -0.452. The Morgan fingerprint density at radius 2 is 2.00 bits per heavy atom. The second-order valence-electron chi connectivity index (χ2n) is 3.40. The van der Waals surface area contributed by atoms with Crippen molar-refractivity contribution in [1.29, 1.82) is 0 Å². The molecule has 0 aliphatic carbocycles. The molecule has 2 N–H and O–H groups in total. The number of ether oxygens (including phenoxy) is 1. The smallest absolute Gasteiger partial charge is 0.340 e. The zero-order chi connectivity index (χ0) is 12.3. The first-order chi connectivity index (χ1) is 7.51. The second-order valence-corrected chi connectivity index (χ2v) is 3.40. The maximum atomic E-state index is 11.5. The van der Waals surface area contributed by atoms with Gasteiger partial charge in [0.2, 0.25) is 0 Å². The van der Waals surface area contributed by atoms with Gasteiger partial charge in [-0.2, -0.15) is 0 Å². The zero-order valence-electron chi connectivity index (χ0n) is 9.90. The van der Waals surface area contributed by atoms with Crippen LogP contribution in [-0.4, -0.2) is 27.2 Å². The number of aryl methyl sites for hydroxylation is 1. The number of benzene rings is 1. The van der Waals surface area contributed by atoms with Gasteiger partial charge in [0.1, 0.15) is 0 Å². The molecular weight excluding hydrogens is 208 g/mol. The van der Waals surface area contributed by atoms with E-state index in [9.17, 15) is 4.79 Å². The molecule has 5 heteroatoms. The average Bonchev–Trinajstić information content (AvgIpc) is 2.30. The lowest BCUT2D eigenvalue weighted by Gasteiger charge is -2.18. The van der Waals surface area contributed by atoms with Crippen LogP contribution in [-0.2, 0) is 9.57 Å². The number of carbonyl (C=O) groups excluding carboxylic acids is 1. The molecule has 0 heterocycles. The molecule has 0 aliphatic rings. The van der Waals surface area contributed by atoms with E-state index < -0.39 is 5.97 Å². The molecular formula is C11H16N2O3. The molecule has 88 valence electrons. The zero-order valence-corrected chi connectivity index (χ0v) is 9.90. The molecule has 0 saturated carbocycles. The van der Waals surface area contributed by atoms with Crippen LogP contribution in [0.2, 0.25) is 0 Å². The van der Waals surface area contributed by atoms with Gasteiger partial charge in [-0.05, 0) is 24.6 Å². The molecule has 0 unspecified atom stereocenters. The number of hydrogen-bond acceptors (Lipinski definition) is 5. The summed E-state index contributed by atoms with van der Waals surface area (Å²) in [7, 11) is 4.61. The molecule has 1 aromatic rings. The molecule has 0 fully saturated rings. The highest BCUT2D eigenvalue weighted by molar-refractivity contribution is 5.97. The molecule has 0 amide bonds. The van der Waals surface area contributed by atoms with Gasteiger partial charge in [-0.1, -0.05) is 0 Å². The number of esters is 1. The van der Waals surface area contributed by atoms with Gasteiger partial charge in [-0.25, -0.2) is 4.79 Å². The first kappa shape index (κ1) is 12.3. The van der Waals surface area contributed by atoms with E-state index in [1.54, 1.807) is 25.3 Å². The first-order valence-electron chi connectivity index (χ1n) is 4.77. The van der Waals surface area contributed by atoms with Crippen LogP contribution in [0.1, 0.15) is 15.9 Å². The van der Waals surface area contributed by atoms with Gasteiger partial charge >= 0.3 is 5.97 Å². The highest BCUT2D eigenvalue weighted by Gasteiger charge is 2.14. The summed E-state index contributed by atoms with van der Waals surface area (Å²) in [4.78, 5) is 16.5. The van der Waals surface area contributed by atoms with Crippen molar-refractivity contribution in [3.8, 4) is 0 Å². The third kappa shape index (κ3) is 2.25. The van der Waals surface area contributed by atoms with Gasteiger partial charge in [0.05, 0.1) is 25.5 Å². The van der Waals surface area contributed by atoms with E-state index in [1.807, 2.05) is 13.0 Å². The third-order valence-corrected chi connectivity index (χ3v) is 2.41. The molecule has 0 saturated heterocycles. The molecule has 1 rings (SSSR count). The second kappa shape index (κ2) is 4.85. The summed E-state index contributed by atoms with van der Waals surface area (Å²) in [5, 5.41) is 1.54. The van der Waals surface area contributed by atoms with Crippen molar-refractivity contribution in [1.82, 2.24) is 0 Å². The Morgan fingerprint density at radius 3 is 2.50 bits per heavy atom. The van der Waals surface area contributed by atoms with Crippen LogP contribution in [0.15, 0.2) is 12.1 Å². The summed E-state index contributed by atoms with van der Waals surface area (Å²) < 4.78 is 4.66. The van der Waals surface area contributed by atoms with Crippen LogP contribution in [0.5, 0.6) is 0 Å². The predicted molar refractivity (Wildman–Crippen MR) is 62.3 cm³/mol. The molecule has 0 aromatic heterocycles. The van der Waals surface area contributed by atoms with Crippen LogP contribution in [0.3, 0.4) is 0 Å². The highest BCUT2D eigenvalue weighted by Crippen LogP contribution is 2.25. The number of rotatable bonds is 3. The number of hydroxylamine groups is 1. The number of nitrogen functional groups attached to an aromatic ring is 1. The fraction of sp³-hybridized carbons (Fsp3) is 0.364. The number of anilines is 2. The van der Waals surface area contributed by atoms with Gasteiger partial charge in [0.15, 0.2) is 0 Å². The van der Waals surface area contributed by atoms with E-state index in [0.717, 1.165) is 11.3 Å². The van der Waals surface area contributed by atoms with E-state index in [1.165, 1.54) is 7.11 Å². The Bertz CT molecular complexity index is 404. The summed E-state index contributed by atoms with van der Waals surface area (Å²) >= 11 is 0. The van der Waals surface area contributed by atoms with Crippen LogP contribution in [0.4, 0.5) is 11.4 Å². The lowest BCUT2D eigenvalue weighted by atomic mass is 10.1. The summed E-state index contributed by atoms with van der Waals surface area (Å²) in [6.07, 6.45) is 0. The van der Waals surface area contributed by atoms with Crippen molar-refractivity contribution in [2.45, 2.75) is 6.92 Å². The Hall–Kier alpha value is -1.75. The van der Waals surface area contributed by atoms with E-state index in [2.05, 4.69) is 4.74 Å². The SMILES string of the molecule is COC(=O)c1cc(N(C)OC)cc(C)c1N. The number of nitrogens with two attached hydrogens (primary N) is 1. The number of hydrogen-bond donors (Lipinski definition) is 1. The van der Waals surface area contributed by atoms with Gasteiger partial charge in [0.25, 0.3) is 0 Å². The quantitative estimate of drug-likeness (QED) is 0.477. The number of carbonyl (C=O) groups is 1. The molecule has 5 nitrogen and oxygen atoms in total. The van der Waals surface area contributed by atoms with Crippen LogP contribution < -0.4 is 10.8 Å². The lowest BCUT2D eigenvalue weighted by molar-refractivity contribution is 0.0602. The van der Waals surface area contributed by atoms with Crippen molar-refractivity contribution in [3.05, 3.63) is 23.3 Å². The Kier molecular flexibility index (Phi) is 3.73. The molecule has 0 radical (unpaired) electrons. The molecule has 0 spiro atoms. The Morgan fingerprint density at radius 1 is 1.38 bits per heavy atom. The lowest BCUT2D eigenvalue weighted by Crippen LogP contribution is -2.16. The highest BCUT2D eigenvalue weighted by atomic mass is 16.7. The molecule has 0 bridgehead atoms. The predicted octanol–water partition coefficient (Wildman–Crippen LogP) is 1.36.